The molecule has 1 aliphatic heterocycles. The van der Waals surface area contributed by atoms with E-state index in [1.165, 1.54) is 12.8 Å². The topological polar surface area (TPSA) is 53.6 Å². The molecule has 0 aromatic heterocycles. The highest BCUT2D eigenvalue weighted by atomic mass is 16.5. The molecule has 0 saturated carbocycles. The van der Waals surface area contributed by atoms with Crippen molar-refractivity contribution in [3.8, 4) is 5.75 Å². The number of ether oxygens (including phenoxy) is 1. The van der Waals surface area contributed by atoms with Crippen molar-refractivity contribution in [3.05, 3.63) is 24.3 Å². The summed E-state index contributed by atoms with van der Waals surface area (Å²) in [6, 6.07) is 7.28. The van der Waals surface area contributed by atoms with Crippen LogP contribution in [0.3, 0.4) is 0 Å². The van der Waals surface area contributed by atoms with Crippen molar-refractivity contribution in [1.29, 1.82) is 0 Å². The van der Waals surface area contributed by atoms with E-state index in [2.05, 4.69) is 22.5 Å². The largest absolute Gasteiger partial charge is 0.494 e. The van der Waals surface area contributed by atoms with Gasteiger partial charge in [-0.25, -0.2) is 4.79 Å². The number of hydrogen-bond acceptors (Lipinski definition) is 3. The molecule has 1 aliphatic rings. The number of amides is 2. The number of nitrogens with one attached hydrogen (secondary N) is 2. The van der Waals surface area contributed by atoms with Gasteiger partial charge in [0, 0.05) is 18.8 Å². The van der Waals surface area contributed by atoms with Crippen molar-refractivity contribution in [2.75, 3.05) is 38.1 Å². The smallest absolute Gasteiger partial charge is 0.319 e. The van der Waals surface area contributed by atoms with Crippen LogP contribution in [-0.4, -0.2) is 43.7 Å². The average Bonchev–Trinajstić information content (AvgIpc) is 2.96. The van der Waals surface area contributed by atoms with Crippen LogP contribution >= 0.6 is 0 Å². The molecule has 5 heteroatoms. The number of urea groups is 1. The number of rotatable bonds is 7. The molecule has 22 heavy (non-hydrogen) atoms. The van der Waals surface area contributed by atoms with E-state index in [1.807, 2.05) is 31.2 Å². The second kappa shape index (κ2) is 8.63. The summed E-state index contributed by atoms with van der Waals surface area (Å²) in [4.78, 5) is 14.4. The van der Waals surface area contributed by atoms with Crippen LogP contribution in [0.25, 0.3) is 0 Å². The number of likely N-dealkylation sites (tertiary alicyclic amines) is 1. The average molecular weight is 305 g/mol. The van der Waals surface area contributed by atoms with Gasteiger partial charge in [0.1, 0.15) is 5.75 Å². The van der Waals surface area contributed by atoms with Crippen molar-refractivity contribution in [2.45, 2.75) is 26.7 Å². The molecule has 5 nitrogen and oxygen atoms in total. The van der Waals surface area contributed by atoms with Gasteiger partial charge in [0.2, 0.25) is 0 Å². The minimum absolute atomic E-state index is 0.141. The first-order valence-corrected chi connectivity index (χ1v) is 8.21. The molecule has 1 aromatic carbocycles. The zero-order valence-electron chi connectivity index (χ0n) is 13.6. The second-order valence-electron chi connectivity index (χ2n) is 5.75. The fraction of sp³-hybridized carbons (Fsp3) is 0.588. The summed E-state index contributed by atoms with van der Waals surface area (Å²) < 4.78 is 5.38. The third-order valence-electron chi connectivity index (χ3n) is 3.88. The molecule has 0 unspecified atom stereocenters. The standard InChI is InChI=1S/C17H27N3O2/c1-3-10-20-11-9-14(13-20)12-18-17(21)19-15-5-7-16(8-6-15)22-4-2/h5-8,14H,3-4,9-13H2,1-2H3,(H2,18,19,21)/t14-/m0/s1. The van der Waals surface area contributed by atoms with Crippen molar-refractivity contribution in [3.63, 3.8) is 0 Å². The summed E-state index contributed by atoms with van der Waals surface area (Å²) >= 11 is 0. The predicted molar refractivity (Wildman–Crippen MR) is 89.5 cm³/mol. The van der Waals surface area contributed by atoms with Gasteiger partial charge in [-0.15, -0.1) is 0 Å². The number of anilines is 1. The fourth-order valence-electron chi connectivity index (χ4n) is 2.81. The summed E-state index contributed by atoms with van der Waals surface area (Å²) in [6.45, 7) is 8.94. The first-order valence-electron chi connectivity index (χ1n) is 8.21. The van der Waals surface area contributed by atoms with Crippen LogP contribution < -0.4 is 15.4 Å². The molecule has 0 spiro atoms. The number of carbonyl (C=O) groups excluding carboxylic acids is 1. The van der Waals surface area contributed by atoms with E-state index in [-0.39, 0.29) is 6.03 Å². The Kier molecular flexibility index (Phi) is 6.52. The van der Waals surface area contributed by atoms with Gasteiger partial charge in [0.05, 0.1) is 6.61 Å². The summed E-state index contributed by atoms with van der Waals surface area (Å²) in [6.07, 6.45) is 2.36. The first-order chi connectivity index (χ1) is 10.7. The summed E-state index contributed by atoms with van der Waals surface area (Å²) in [5.74, 6) is 1.38. The molecule has 2 amide bonds. The molecular formula is C17H27N3O2. The number of nitrogens with zero attached hydrogens (tertiary/aromatic N) is 1. The Morgan fingerprint density at radius 3 is 2.77 bits per heavy atom. The van der Waals surface area contributed by atoms with E-state index in [0.29, 0.717) is 12.5 Å². The van der Waals surface area contributed by atoms with Gasteiger partial charge in [-0.2, -0.15) is 0 Å². The quantitative estimate of drug-likeness (QED) is 0.814. The molecule has 0 radical (unpaired) electrons. The predicted octanol–water partition coefficient (Wildman–Crippen LogP) is 2.94. The van der Waals surface area contributed by atoms with E-state index >= 15 is 0 Å². The highest BCUT2D eigenvalue weighted by Gasteiger charge is 2.21. The number of hydrogen-bond donors (Lipinski definition) is 2. The summed E-state index contributed by atoms with van der Waals surface area (Å²) in [7, 11) is 0. The van der Waals surface area contributed by atoms with Crippen LogP contribution in [0.5, 0.6) is 5.75 Å². The zero-order valence-corrected chi connectivity index (χ0v) is 13.6. The third-order valence-corrected chi connectivity index (χ3v) is 3.88. The number of benzene rings is 1. The maximum absolute atomic E-state index is 11.9. The van der Waals surface area contributed by atoms with Crippen LogP contribution in [0.1, 0.15) is 26.7 Å². The maximum atomic E-state index is 11.9. The minimum atomic E-state index is -0.141. The van der Waals surface area contributed by atoms with E-state index < -0.39 is 0 Å². The number of carbonyl (C=O) groups is 1. The van der Waals surface area contributed by atoms with Crippen molar-refractivity contribution in [1.82, 2.24) is 10.2 Å². The Hall–Kier alpha value is -1.75. The van der Waals surface area contributed by atoms with E-state index in [0.717, 1.165) is 37.6 Å². The molecule has 2 rings (SSSR count). The Labute approximate surface area is 133 Å². The molecule has 0 aliphatic carbocycles. The Morgan fingerprint density at radius 1 is 1.32 bits per heavy atom. The van der Waals surface area contributed by atoms with Crippen LogP contribution in [0.2, 0.25) is 0 Å². The van der Waals surface area contributed by atoms with Crippen molar-refractivity contribution >= 4 is 11.7 Å². The van der Waals surface area contributed by atoms with E-state index in [9.17, 15) is 4.79 Å². The molecule has 1 fully saturated rings. The van der Waals surface area contributed by atoms with Gasteiger partial charge in [-0.1, -0.05) is 6.92 Å². The lowest BCUT2D eigenvalue weighted by Crippen LogP contribution is -2.34. The van der Waals surface area contributed by atoms with Crippen molar-refractivity contribution in [2.24, 2.45) is 5.92 Å². The van der Waals surface area contributed by atoms with Crippen LogP contribution in [0.15, 0.2) is 24.3 Å². The van der Waals surface area contributed by atoms with E-state index in [4.69, 9.17) is 4.74 Å². The molecule has 122 valence electrons. The lowest BCUT2D eigenvalue weighted by atomic mass is 10.1. The highest BCUT2D eigenvalue weighted by molar-refractivity contribution is 5.89. The normalized spacial score (nSPS) is 18.2. The highest BCUT2D eigenvalue weighted by Crippen LogP contribution is 2.17. The molecule has 1 atom stereocenters. The monoisotopic (exact) mass is 305 g/mol. The minimum Gasteiger partial charge on any atom is -0.494 e. The molecule has 0 bridgehead atoms. The van der Waals surface area contributed by atoms with Gasteiger partial charge in [0.15, 0.2) is 0 Å². The van der Waals surface area contributed by atoms with Gasteiger partial charge >= 0.3 is 6.03 Å². The fourth-order valence-corrected chi connectivity index (χ4v) is 2.81. The van der Waals surface area contributed by atoms with Crippen LogP contribution in [0, 0.1) is 5.92 Å². The summed E-state index contributed by atoms with van der Waals surface area (Å²) in [5, 5.41) is 5.82. The molecule has 1 heterocycles. The first kappa shape index (κ1) is 16.6. The Morgan fingerprint density at radius 2 is 2.09 bits per heavy atom. The third kappa shape index (κ3) is 5.22. The molecular weight excluding hydrogens is 278 g/mol. The van der Waals surface area contributed by atoms with Crippen molar-refractivity contribution < 1.29 is 9.53 Å². The van der Waals surface area contributed by atoms with Gasteiger partial charge in [0.25, 0.3) is 0 Å². The SMILES string of the molecule is CCCN1CC[C@@H](CNC(=O)Nc2ccc(OCC)cc2)C1. The van der Waals surface area contributed by atoms with Crippen LogP contribution in [0.4, 0.5) is 10.5 Å². The molecule has 1 aromatic rings. The molecule has 2 N–H and O–H groups in total. The van der Waals surface area contributed by atoms with Gasteiger partial charge in [-0.3, -0.25) is 0 Å². The molecule has 1 saturated heterocycles. The maximum Gasteiger partial charge on any atom is 0.319 e. The van der Waals surface area contributed by atoms with Gasteiger partial charge < -0.3 is 20.3 Å². The second-order valence-corrected chi connectivity index (χ2v) is 5.75. The Bertz CT molecular complexity index is 461. The van der Waals surface area contributed by atoms with Gasteiger partial charge in [-0.05, 0) is 63.0 Å². The Balaban J connectivity index is 1.69. The zero-order chi connectivity index (χ0) is 15.8. The lowest BCUT2D eigenvalue weighted by molar-refractivity contribution is 0.249. The summed E-state index contributed by atoms with van der Waals surface area (Å²) in [5.41, 5.74) is 0.778. The van der Waals surface area contributed by atoms with Crippen LogP contribution in [-0.2, 0) is 0 Å². The lowest BCUT2D eigenvalue weighted by Gasteiger charge is -2.15. The van der Waals surface area contributed by atoms with E-state index in [1.54, 1.807) is 0 Å².